The normalized spacial score (nSPS) is 16.2. The number of amides is 4. The van der Waals surface area contributed by atoms with E-state index in [1.54, 1.807) is 31.4 Å². The number of anilines is 3. The predicted molar refractivity (Wildman–Crippen MR) is 255 cm³/mol. The average Bonchev–Trinajstić information content (AvgIpc) is 3.67. The zero-order valence-corrected chi connectivity index (χ0v) is 39.3. The third-order valence-electron chi connectivity index (χ3n) is 12.0. The second-order valence-electron chi connectivity index (χ2n) is 16.7. The molecule has 3 aliphatic heterocycles. The maximum atomic E-state index is 13.0. The van der Waals surface area contributed by atoms with E-state index >= 15 is 0 Å². The number of likely N-dealkylation sites (N-methyl/N-ethyl adjacent to an activating group) is 1. The van der Waals surface area contributed by atoms with Crippen molar-refractivity contribution in [3.63, 3.8) is 0 Å². The van der Waals surface area contributed by atoms with Crippen molar-refractivity contribution in [1.29, 1.82) is 0 Å². The topological polar surface area (TPSA) is 214 Å². The first-order valence-electron chi connectivity index (χ1n) is 22.9. The number of carbonyl (C=O) groups is 4. The van der Waals surface area contributed by atoms with E-state index < -0.39 is 11.9 Å². The van der Waals surface area contributed by atoms with Crippen molar-refractivity contribution < 1.29 is 47.6 Å². The zero-order chi connectivity index (χ0) is 48.3. The van der Waals surface area contributed by atoms with E-state index in [4.69, 9.17) is 45.0 Å². The molecule has 2 fully saturated rings. The van der Waals surface area contributed by atoms with Crippen LogP contribution in [0.5, 0.6) is 17.2 Å². The molecule has 364 valence electrons. The molecule has 4 amide bonds. The van der Waals surface area contributed by atoms with Gasteiger partial charge in [0.25, 0.3) is 17.4 Å². The molecule has 0 saturated carbocycles. The van der Waals surface area contributed by atoms with Crippen LogP contribution in [0.3, 0.4) is 0 Å². The number of rotatable bonds is 22. The molecular formula is C49H55ClN8O11. The number of nitrogens with one attached hydrogen (secondary N) is 3. The van der Waals surface area contributed by atoms with E-state index in [1.165, 1.54) is 16.5 Å². The Morgan fingerprint density at radius 2 is 1.62 bits per heavy atom. The van der Waals surface area contributed by atoms with Crippen molar-refractivity contribution in [2.75, 3.05) is 83.2 Å². The number of carbonyl (C=O) groups excluding carboxylic acids is 4. The fourth-order valence-electron chi connectivity index (χ4n) is 8.33. The van der Waals surface area contributed by atoms with Crippen LogP contribution in [0.15, 0.2) is 77.7 Å². The number of pyridine rings is 1. The summed E-state index contributed by atoms with van der Waals surface area (Å²) in [4.78, 5) is 74.3. The molecule has 19 nitrogen and oxygen atoms in total. The molecule has 0 radical (unpaired) electrons. The molecule has 5 heterocycles. The number of fused-ring (bicyclic) bond motifs is 2. The number of hydrogen-bond donors (Lipinski definition) is 3. The monoisotopic (exact) mass is 966 g/mol. The minimum Gasteiger partial charge on any atom is -0.478 e. The Bertz CT molecular complexity index is 2730. The van der Waals surface area contributed by atoms with Crippen LogP contribution in [-0.4, -0.2) is 128 Å². The van der Waals surface area contributed by atoms with Gasteiger partial charge in [-0.15, -0.1) is 0 Å². The molecule has 3 aliphatic rings. The summed E-state index contributed by atoms with van der Waals surface area (Å²) in [7, 11) is 3.15. The van der Waals surface area contributed by atoms with E-state index in [0.717, 1.165) is 29.4 Å². The predicted octanol–water partition coefficient (Wildman–Crippen LogP) is 4.68. The van der Waals surface area contributed by atoms with Gasteiger partial charge in [0.1, 0.15) is 22.6 Å². The SMILES string of the molecule is CNC(=O)COc1cc2cc(Nc3nc(N4CCC(OCCOCCOCCOCCc5cccc(Oc6ccc7c(c6)CN(C6CCC(=O)NC6=O)C7=O)c5)CC4)ncc3Cl)ccc2n(C)c1=O. The maximum Gasteiger partial charge on any atom is 0.293 e. The minimum atomic E-state index is -0.664. The summed E-state index contributed by atoms with van der Waals surface area (Å²) in [6.07, 6.45) is 4.49. The molecule has 2 saturated heterocycles. The molecule has 8 rings (SSSR count). The molecule has 0 bridgehead atoms. The number of imide groups is 1. The van der Waals surface area contributed by atoms with Gasteiger partial charge in [-0.1, -0.05) is 23.7 Å². The van der Waals surface area contributed by atoms with Gasteiger partial charge in [-0.3, -0.25) is 29.3 Å². The van der Waals surface area contributed by atoms with Crippen molar-refractivity contribution in [2.45, 2.75) is 50.8 Å². The van der Waals surface area contributed by atoms with Crippen molar-refractivity contribution in [3.8, 4) is 17.2 Å². The Morgan fingerprint density at radius 3 is 2.39 bits per heavy atom. The lowest BCUT2D eigenvalue weighted by Gasteiger charge is -2.32. The van der Waals surface area contributed by atoms with Crippen LogP contribution in [0.25, 0.3) is 10.9 Å². The van der Waals surface area contributed by atoms with E-state index in [-0.39, 0.29) is 54.7 Å². The van der Waals surface area contributed by atoms with Crippen LogP contribution in [-0.2, 0) is 53.3 Å². The lowest BCUT2D eigenvalue weighted by molar-refractivity contribution is -0.137. The van der Waals surface area contributed by atoms with Crippen LogP contribution in [0, 0.1) is 0 Å². The zero-order valence-electron chi connectivity index (χ0n) is 38.5. The number of benzene rings is 3. The van der Waals surface area contributed by atoms with E-state index in [0.29, 0.717) is 117 Å². The average molecular weight is 967 g/mol. The molecule has 0 aliphatic carbocycles. The van der Waals surface area contributed by atoms with Gasteiger partial charge < -0.3 is 53.4 Å². The molecule has 2 aromatic heterocycles. The Hall–Kier alpha value is -6.64. The van der Waals surface area contributed by atoms with Gasteiger partial charge in [0, 0.05) is 56.8 Å². The molecule has 3 N–H and O–H groups in total. The van der Waals surface area contributed by atoms with Crippen molar-refractivity contribution >= 4 is 63.6 Å². The Labute approximate surface area is 403 Å². The highest BCUT2D eigenvalue weighted by atomic mass is 35.5. The van der Waals surface area contributed by atoms with Gasteiger partial charge in [-0.05, 0) is 91.4 Å². The molecule has 1 atom stereocenters. The summed E-state index contributed by atoms with van der Waals surface area (Å²) in [5, 5.41) is 9.16. The quantitative estimate of drug-likeness (QED) is 0.0635. The van der Waals surface area contributed by atoms with Crippen molar-refractivity contribution in [1.82, 2.24) is 30.1 Å². The molecule has 69 heavy (non-hydrogen) atoms. The number of aryl methyl sites for hydroxylation is 1. The largest absolute Gasteiger partial charge is 0.478 e. The van der Waals surface area contributed by atoms with Gasteiger partial charge in [-0.25, -0.2) is 4.98 Å². The fourth-order valence-corrected chi connectivity index (χ4v) is 8.47. The van der Waals surface area contributed by atoms with Crippen LogP contribution < -0.4 is 35.9 Å². The highest BCUT2D eigenvalue weighted by Crippen LogP contribution is 2.33. The van der Waals surface area contributed by atoms with Gasteiger partial charge >= 0.3 is 0 Å². The summed E-state index contributed by atoms with van der Waals surface area (Å²) >= 11 is 6.52. The first-order valence-corrected chi connectivity index (χ1v) is 23.3. The Balaban J connectivity index is 0.672. The van der Waals surface area contributed by atoms with E-state index in [2.05, 4.69) is 25.8 Å². The van der Waals surface area contributed by atoms with Gasteiger partial charge in [-0.2, -0.15) is 4.98 Å². The maximum absolute atomic E-state index is 13.0. The summed E-state index contributed by atoms with van der Waals surface area (Å²) in [5.41, 5.74) is 3.40. The van der Waals surface area contributed by atoms with Gasteiger partial charge in [0.05, 0.1) is 64.1 Å². The number of halogens is 1. The van der Waals surface area contributed by atoms with Crippen LogP contribution in [0.2, 0.25) is 5.02 Å². The highest BCUT2D eigenvalue weighted by molar-refractivity contribution is 6.33. The lowest BCUT2D eigenvalue weighted by Crippen LogP contribution is -2.52. The second-order valence-corrected chi connectivity index (χ2v) is 17.1. The second kappa shape index (κ2) is 23.1. The number of aromatic nitrogens is 3. The van der Waals surface area contributed by atoms with E-state index in [9.17, 15) is 24.0 Å². The first-order chi connectivity index (χ1) is 33.5. The third kappa shape index (κ3) is 12.5. The molecule has 3 aromatic carbocycles. The third-order valence-corrected chi connectivity index (χ3v) is 12.3. The lowest BCUT2D eigenvalue weighted by atomic mass is 10.0. The van der Waals surface area contributed by atoms with Crippen molar-refractivity contribution in [2.24, 2.45) is 7.05 Å². The molecule has 20 heteroatoms. The smallest absolute Gasteiger partial charge is 0.293 e. The Morgan fingerprint density at radius 1 is 0.870 bits per heavy atom. The number of nitrogens with zero attached hydrogens (tertiary/aromatic N) is 5. The van der Waals surface area contributed by atoms with Gasteiger partial charge in [0.2, 0.25) is 17.8 Å². The van der Waals surface area contributed by atoms with E-state index in [1.807, 2.05) is 48.5 Å². The van der Waals surface area contributed by atoms with Crippen LogP contribution >= 0.6 is 11.6 Å². The van der Waals surface area contributed by atoms with Crippen LogP contribution in [0.4, 0.5) is 17.5 Å². The summed E-state index contributed by atoms with van der Waals surface area (Å²) < 4.78 is 36.4. The first kappa shape index (κ1) is 48.8. The fraction of sp³-hybridized carbons (Fsp3) is 0.408. The summed E-state index contributed by atoms with van der Waals surface area (Å²) in [6, 6.07) is 19.5. The number of ether oxygens (including phenoxy) is 6. The number of hydrogen-bond acceptors (Lipinski definition) is 15. The molecule has 0 spiro atoms. The number of piperidine rings is 2. The standard InChI is InChI=1S/C49H55ClN8O11/c1-51-44(60)30-68-42-27-32-25-34(6-9-40(32)56(2)48(42)63)53-45-39(50)28-52-49(55-45)57-15-12-35(13-16-57)67-23-22-66-21-20-65-19-18-64-17-14-31-4-3-5-36(24-31)69-37-7-8-38-33(26-37)29-58(47(38)62)41-10-11-43(59)54-46(41)61/h3-9,24-28,35,41H,10-23,29-30H2,1-2H3,(H,51,60)(H,52,53,55)(H,54,59,61). The molecule has 1 unspecified atom stereocenters. The minimum absolute atomic E-state index is 0.0688. The highest BCUT2D eigenvalue weighted by Gasteiger charge is 2.39. The molecular weight excluding hydrogens is 912 g/mol. The Kier molecular flexibility index (Phi) is 16.3. The summed E-state index contributed by atoms with van der Waals surface area (Å²) in [6.45, 7) is 4.69. The van der Waals surface area contributed by atoms with Crippen molar-refractivity contribution in [3.05, 3.63) is 105 Å². The van der Waals surface area contributed by atoms with Crippen LogP contribution in [0.1, 0.15) is 47.2 Å². The summed E-state index contributed by atoms with van der Waals surface area (Å²) in [5.74, 6) is 0.995. The van der Waals surface area contributed by atoms with Gasteiger partial charge in [0.15, 0.2) is 18.2 Å². The molecule has 5 aromatic rings.